The summed E-state index contributed by atoms with van der Waals surface area (Å²) in [6.07, 6.45) is 1.95. The summed E-state index contributed by atoms with van der Waals surface area (Å²) in [5, 5.41) is 12.0. The molecule has 3 heteroatoms. The predicted octanol–water partition coefficient (Wildman–Crippen LogP) is 2.10. The second kappa shape index (κ2) is 6.05. The van der Waals surface area contributed by atoms with Gasteiger partial charge in [-0.05, 0) is 31.0 Å². The molecule has 0 saturated heterocycles. The molecule has 3 nitrogen and oxygen atoms in total. The van der Waals surface area contributed by atoms with Crippen LogP contribution in [-0.4, -0.2) is 12.6 Å². The smallest absolute Gasteiger partial charge is 0.0992 e. The highest BCUT2D eigenvalue weighted by atomic mass is 14.9. The SMILES string of the molecule is CCC(N)CCNc1cccc(C#N)c1. The first-order valence-electron chi connectivity index (χ1n) is 5.26. The first-order chi connectivity index (χ1) is 7.26. The summed E-state index contributed by atoms with van der Waals surface area (Å²) in [4.78, 5) is 0. The van der Waals surface area contributed by atoms with E-state index >= 15 is 0 Å². The van der Waals surface area contributed by atoms with Gasteiger partial charge >= 0.3 is 0 Å². The fourth-order valence-electron chi connectivity index (χ4n) is 1.30. The molecule has 0 amide bonds. The average Bonchev–Trinajstić information content (AvgIpc) is 2.29. The molecule has 0 aliphatic carbocycles. The van der Waals surface area contributed by atoms with Crippen LogP contribution in [0.25, 0.3) is 0 Å². The first-order valence-corrected chi connectivity index (χ1v) is 5.26. The lowest BCUT2D eigenvalue weighted by Gasteiger charge is -2.10. The number of hydrogen-bond donors (Lipinski definition) is 2. The van der Waals surface area contributed by atoms with Gasteiger partial charge in [0.1, 0.15) is 0 Å². The van der Waals surface area contributed by atoms with Crippen molar-refractivity contribution in [3.05, 3.63) is 29.8 Å². The van der Waals surface area contributed by atoms with Gasteiger partial charge in [0.25, 0.3) is 0 Å². The summed E-state index contributed by atoms with van der Waals surface area (Å²) >= 11 is 0. The highest BCUT2D eigenvalue weighted by molar-refractivity contribution is 5.48. The molecule has 0 fully saturated rings. The zero-order valence-electron chi connectivity index (χ0n) is 9.03. The Bertz CT molecular complexity index is 341. The Kier molecular flexibility index (Phi) is 4.65. The fourth-order valence-corrected chi connectivity index (χ4v) is 1.30. The minimum Gasteiger partial charge on any atom is -0.385 e. The highest BCUT2D eigenvalue weighted by Gasteiger charge is 1.98. The van der Waals surface area contributed by atoms with Crippen molar-refractivity contribution >= 4 is 5.69 Å². The van der Waals surface area contributed by atoms with Crippen molar-refractivity contribution in [2.24, 2.45) is 5.73 Å². The second-order valence-corrected chi connectivity index (χ2v) is 3.58. The van der Waals surface area contributed by atoms with Crippen LogP contribution in [0.3, 0.4) is 0 Å². The molecule has 1 rings (SSSR count). The van der Waals surface area contributed by atoms with Gasteiger partial charge in [-0.25, -0.2) is 0 Å². The molecule has 3 N–H and O–H groups in total. The van der Waals surface area contributed by atoms with Crippen molar-refractivity contribution in [3.63, 3.8) is 0 Å². The van der Waals surface area contributed by atoms with E-state index in [2.05, 4.69) is 18.3 Å². The maximum atomic E-state index is 8.72. The van der Waals surface area contributed by atoms with Crippen LogP contribution in [0.5, 0.6) is 0 Å². The quantitative estimate of drug-likeness (QED) is 0.770. The van der Waals surface area contributed by atoms with Gasteiger partial charge in [-0.2, -0.15) is 5.26 Å². The number of nitrogens with zero attached hydrogens (tertiary/aromatic N) is 1. The molecule has 1 aromatic carbocycles. The normalized spacial score (nSPS) is 11.8. The number of nitrogens with one attached hydrogen (secondary N) is 1. The molecule has 1 aromatic rings. The molecule has 0 radical (unpaired) electrons. The third-order valence-corrected chi connectivity index (χ3v) is 2.36. The molecule has 80 valence electrons. The third-order valence-electron chi connectivity index (χ3n) is 2.36. The molecular weight excluding hydrogens is 186 g/mol. The zero-order chi connectivity index (χ0) is 11.1. The van der Waals surface area contributed by atoms with Gasteiger partial charge in [0.05, 0.1) is 11.6 Å². The van der Waals surface area contributed by atoms with Gasteiger partial charge in [-0.3, -0.25) is 0 Å². The molecule has 0 aliphatic heterocycles. The topological polar surface area (TPSA) is 61.8 Å². The van der Waals surface area contributed by atoms with Crippen LogP contribution < -0.4 is 11.1 Å². The van der Waals surface area contributed by atoms with Crippen molar-refractivity contribution in [1.82, 2.24) is 0 Å². The van der Waals surface area contributed by atoms with Crippen LogP contribution in [-0.2, 0) is 0 Å². The number of hydrogen-bond acceptors (Lipinski definition) is 3. The van der Waals surface area contributed by atoms with Gasteiger partial charge in [-0.1, -0.05) is 13.0 Å². The average molecular weight is 203 g/mol. The van der Waals surface area contributed by atoms with E-state index in [9.17, 15) is 0 Å². The fraction of sp³-hybridized carbons (Fsp3) is 0.417. The summed E-state index contributed by atoms with van der Waals surface area (Å²) in [6, 6.07) is 9.85. The van der Waals surface area contributed by atoms with Crippen molar-refractivity contribution in [1.29, 1.82) is 5.26 Å². The Labute approximate surface area is 90.9 Å². The summed E-state index contributed by atoms with van der Waals surface area (Å²) in [5.74, 6) is 0. The van der Waals surface area contributed by atoms with Crippen LogP contribution in [0.1, 0.15) is 25.3 Å². The highest BCUT2D eigenvalue weighted by Crippen LogP contribution is 2.09. The summed E-state index contributed by atoms with van der Waals surface area (Å²) in [7, 11) is 0. The van der Waals surface area contributed by atoms with E-state index in [4.69, 9.17) is 11.0 Å². The van der Waals surface area contributed by atoms with Crippen molar-refractivity contribution in [2.75, 3.05) is 11.9 Å². The molecule has 1 atom stereocenters. The number of nitriles is 1. The molecule has 15 heavy (non-hydrogen) atoms. The Hall–Kier alpha value is -1.53. The van der Waals surface area contributed by atoms with E-state index in [0.717, 1.165) is 25.1 Å². The Morgan fingerprint density at radius 3 is 3.00 bits per heavy atom. The van der Waals surface area contributed by atoms with Crippen LogP contribution in [0.2, 0.25) is 0 Å². The molecule has 0 heterocycles. The van der Waals surface area contributed by atoms with Crippen molar-refractivity contribution < 1.29 is 0 Å². The second-order valence-electron chi connectivity index (χ2n) is 3.58. The third kappa shape index (κ3) is 4.01. The van der Waals surface area contributed by atoms with E-state index in [1.165, 1.54) is 0 Å². The van der Waals surface area contributed by atoms with Crippen LogP contribution in [0.15, 0.2) is 24.3 Å². The number of anilines is 1. The first kappa shape index (κ1) is 11.5. The van der Waals surface area contributed by atoms with Gasteiger partial charge in [0, 0.05) is 18.3 Å². The number of rotatable bonds is 5. The van der Waals surface area contributed by atoms with Crippen molar-refractivity contribution in [3.8, 4) is 6.07 Å². The number of benzene rings is 1. The van der Waals surface area contributed by atoms with Crippen LogP contribution in [0.4, 0.5) is 5.69 Å². The monoisotopic (exact) mass is 203 g/mol. The van der Waals surface area contributed by atoms with E-state index in [1.807, 2.05) is 18.2 Å². The van der Waals surface area contributed by atoms with E-state index in [1.54, 1.807) is 6.07 Å². The minimum absolute atomic E-state index is 0.261. The zero-order valence-corrected chi connectivity index (χ0v) is 9.03. The van der Waals surface area contributed by atoms with Gasteiger partial charge in [0.2, 0.25) is 0 Å². The van der Waals surface area contributed by atoms with E-state index in [-0.39, 0.29) is 6.04 Å². The molecule has 0 spiro atoms. The molecule has 0 aromatic heterocycles. The van der Waals surface area contributed by atoms with Crippen molar-refractivity contribution in [2.45, 2.75) is 25.8 Å². The lowest BCUT2D eigenvalue weighted by molar-refractivity contribution is 0.613. The maximum absolute atomic E-state index is 8.72. The Balaban J connectivity index is 2.41. The molecule has 0 saturated carbocycles. The molecule has 0 aliphatic rings. The number of nitrogens with two attached hydrogens (primary N) is 1. The van der Waals surface area contributed by atoms with Crippen LogP contribution in [0, 0.1) is 11.3 Å². The maximum Gasteiger partial charge on any atom is 0.0992 e. The summed E-state index contributed by atoms with van der Waals surface area (Å²) in [6.45, 7) is 2.94. The Morgan fingerprint density at radius 1 is 1.53 bits per heavy atom. The van der Waals surface area contributed by atoms with Gasteiger partial charge in [-0.15, -0.1) is 0 Å². The van der Waals surface area contributed by atoms with Gasteiger partial charge < -0.3 is 11.1 Å². The standard InChI is InChI=1S/C12H17N3/c1-2-11(14)6-7-15-12-5-3-4-10(8-12)9-13/h3-5,8,11,15H,2,6-7,14H2,1H3. The van der Waals surface area contributed by atoms with E-state index < -0.39 is 0 Å². The Morgan fingerprint density at radius 2 is 2.33 bits per heavy atom. The molecule has 1 unspecified atom stereocenters. The summed E-state index contributed by atoms with van der Waals surface area (Å²) < 4.78 is 0. The lowest BCUT2D eigenvalue weighted by Crippen LogP contribution is -2.22. The molecular formula is C12H17N3. The van der Waals surface area contributed by atoms with Gasteiger partial charge in [0.15, 0.2) is 0 Å². The summed E-state index contributed by atoms with van der Waals surface area (Å²) in [5.41, 5.74) is 7.46. The predicted molar refractivity (Wildman–Crippen MR) is 62.5 cm³/mol. The van der Waals surface area contributed by atoms with E-state index in [0.29, 0.717) is 5.56 Å². The lowest BCUT2D eigenvalue weighted by atomic mass is 10.1. The molecule has 0 bridgehead atoms. The largest absolute Gasteiger partial charge is 0.385 e. The minimum atomic E-state index is 0.261. The van der Waals surface area contributed by atoms with Crippen LogP contribution >= 0.6 is 0 Å².